The number of halogens is 3. The Kier molecular flexibility index (Phi) is 5.87. The molecule has 0 spiro atoms. The fourth-order valence-electron chi connectivity index (χ4n) is 2.51. The predicted molar refractivity (Wildman–Crippen MR) is 102 cm³/mol. The minimum atomic E-state index is -4.69. The summed E-state index contributed by atoms with van der Waals surface area (Å²) in [4.78, 5) is 23.9. The Morgan fingerprint density at radius 2 is 1.66 bits per heavy atom. The number of para-hydroxylation sites is 1. The minimum Gasteiger partial charge on any atom is -0.459 e. The monoisotopic (exact) mass is 403 g/mol. The van der Waals surface area contributed by atoms with Gasteiger partial charge in [-0.3, -0.25) is 9.59 Å². The van der Waals surface area contributed by atoms with Crippen molar-refractivity contribution in [3.05, 3.63) is 78.3 Å². The zero-order valence-corrected chi connectivity index (χ0v) is 14.9. The Morgan fingerprint density at radius 1 is 0.897 bits per heavy atom. The Labute approximate surface area is 163 Å². The van der Waals surface area contributed by atoms with E-state index in [1.54, 1.807) is 30.3 Å². The summed E-state index contributed by atoms with van der Waals surface area (Å²) in [5.74, 6) is -1.20. The van der Waals surface area contributed by atoms with E-state index in [0.717, 1.165) is 12.1 Å². The molecule has 3 aromatic rings. The van der Waals surface area contributed by atoms with E-state index in [0.29, 0.717) is 5.69 Å². The van der Waals surface area contributed by atoms with Crippen LogP contribution in [0.2, 0.25) is 0 Å². The van der Waals surface area contributed by atoms with E-state index in [-0.39, 0.29) is 23.7 Å². The summed E-state index contributed by atoms with van der Waals surface area (Å²) in [6.07, 6.45) is -3.41. The maximum absolute atomic E-state index is 13.4. The molecular formula is C20H16F3N3O3. The molecule has 29 heavy (non-hydrogen) atoms. The lowest BCUT2D eigenvalue weighted by atomic mass is 10.1. The van der Waals surface area contributed by atoms with Crippen molar-refractivity contribution in [2.24, 2.45) is 0 Å². The lowest BCUT2D eigenvalue weighted by molar-refractivity contribution is -0.137. The van der Waals surface area contributed by atoms with Gasteiger partial charge in [0.25, 0.3) is 5.91 Å². The van der Waals surface area contributed by atoms with Crippen LogP contribution >= 0.6 is 0 Å². The van der Waals surface area contributed by atoms with Crippen LogP contribution < -0.4 is 16.0 Å². The fourth-order valence-corrected chi connectivity index (χ4v) is 2.51. The van der Waals surface area contributed by atoms with Gasteiger partial charge in [0.2, 0.25) is 5.91 Å². The average molecular weight is 403 g/mol. The van der Waals surface area contributed by atoms with Crippen molar-refractivity contribution in [1.82, 2.24) is 0 Å². The Hall–Kier alpha value is -3.75. The summed E-state index contributed by atoms with van der Waals surface area (Å²) in [7, 11) is 0. The van der Waals surface area contributed by atoms with Crippen molar-refractivity contribution in [3.8, 4) is 0 Å². The molecule has 0 bridgehead atoms. The molecule has 0 aliphatic rings. The third-order valence-corrected chi connectivity index (χ3v) is 3.82. The number of alkyl halides is 3. The smallest absolute Gasteiger partial charge is 0.418 e. The van der Waals surface area contributed by atoms with Crippen LogP contribution in [0, 0.1) is 0 Å². The van der Waals surface area contributed by atoms with Gasteiger partial charge in [-0.15, -0.1) is 0 Å². The van der Waals surface area contributed by atoms with Crippen LogP contribution in [-0.2, 0) is 11.0 Å². The number of rotatable bonds is 6. The number of carbonyl (C=O) groups is 2. The van der Waals surface area contributed by atoms with Gasteiger partial charge in [-0.1, -0.05) is 18.2 Å². The first-order valence-corrected chi connectivity index (χ1v) is 8.48. The van der Waals surface area contributed by atoms with Crippen LogP contribution in [-0.4, -0.2) is 18.4 Å². The van der Waals surface area contributed by atoms with Crippen molar-refractivity contribution in [2.75, 3.05) is 22.5 Å². The number of anilines is 3. The van der Waals surface area contributed by atoms with Gasteiger partial charge in [0.05, 0.1) is 18.4 Å². The molecule has 0 fully saturated rings. The quantitative estimate of drug-likeness (QED) is 0.562. The van der Waals surface area contributed by atoms with Crippen LogP contribution in [0.3, 0.4) is 0 Å². The Morgan fingerprint density at radius 3 is 2.31 bits per heavy atom. The maximum atomic E-state index is 13.4. The summed E-state index contributed by atoms with van der Waals surface area (Å²) >= 11 is 0. The summed E-state index contributed by atoms with van der Waals surface area (Å²) in [6.45, 7) is -0.365. The normalized spacial score (nSPS) is 11.0. The van der Waals surface area contributed by atoms with Gasteiger partial charge in [-0.05, 0) is 42.5 Å². The largest absolute Gasteiger partial charge is 0.459 e. The zero-order valence-electron chi connectivity index (χ0n) is 14.9. The van der Waals surface area contributed by atoms with Gasteiger partial charge in [0.1, 0.15) is 0 Å². The molecule has 2 amide bonds. The first kappa shape index (κ1) is 20.0. The Bertz CT molecular complexity index is 987. The highest BCUT2D eigenvalue weighted by Crippen LogP contribution is 2.36. The molecule has 9 heteroatoms. The lowest BCUT2D eigenvalue weighted by Gasteiger charge is -2.16. The van der Waals surface area contributed by atoms with Crippen LogP contribution in [0.1, 0.15) is 16.1 Å². The average Bonchev–Trinajstić information content (AvgIpc) is 3.22. The number of hydrogen-bond acceptors (Lipinski definition) is 4. The lowest BCUT2D eigenvalue weighted by Crippen LogP contribution is -2.23. The zero-order chi connectivity index (χ0) is 20.9. The number of amides is 2. The van der Waals surface area contributed by atoms with Crippen molar-refractivity contribution < 1.29 is 27.2 Å². The van der Waals surface area contributed by atoms with Crippen LogP contribution in [0.15, 0.2) is 71.3 Å². The molecular weight excluding hydrogens is 387 g/mol. The Balaban J connectivity index is 1.71. The summed E-state index contributed by atoms with van der Waals surface area (Å²) in [5, 5.41) is 7.40. The highest BCUT2D eigenvalue weighted by molar-refractivity contribution is 6.02. The van der Waals surface area contributed by atoms with Crippen molar-refractivity contribution >= 4 is 28.9 Å². The molecule has 150 valence electrons. The predicted octanol–water partition coefficient (Wildman–Crippen LogP) is 4.60. The fraction of sp³-hybridized carbons (Fsp3) is 0.100. The molecule has 0 aliphatic carbocycles. The van der Waals surface area contributed by atoms with Gasteiger partial charge >= 0.3 is 6.18 Å². The highest BCUT2D eigenvalue weighted by Gasteiger charge is 2.34. The van der Waals surface area contributed by atoms with Gasteiger partial charge in [-0.2, -0.15) is 13.2 Å². The number of nitrogens with one attached hydrogen (secondary N) is 3. The molecule has 0 saturated heterocycles. The third kappa shape index (κ3) is 5.38. The molecule has 0 unspecified atom stereocenters. The molecule has 0 radical (unpaired) electrons. The number of carbonyl (C=O) groups excluding carboxylic acids is 2. The molecule has 1 heterocycles. The van der Waals surface area contributed by atoms with Crippen molar-refractivity contribution in [2.45, 2.75) is 6.18 Å². The van der Waals surface area contributed by atoms with E-state index in [1.165, 1.54) is 24.5 Å². The van der Waals surface area contributed by atoms with Gasteiger partial charge in [0, 0.05) is 17.1 Å². The van der Waals surface area contributed by atoms with Crippen LogP contribution in [0.4, 0.5) is 30.2 Å². The first-order chi connectivity index (χ1) is 13.8. The second-order valence-electron chi connectivity index (χ2n) is 5.96. The van der Waals surface area contributed by atoms with Gasteiger partial charge < -0.3 is 20.4 Å². The molecule has 3 N–H and O–H groups in total. The SMILES string of the molecule is O=C(CNc1ccc(NC(=O)c2ccco2)cc1C(F)(F)F)Nc1ccccc1. The van der Waals surface area contributed by atoms with Crippen LogP contribution in [0.5, 0.6) is 0 Å². The summed E-state index contributed by atoms with van der Waals surface area (Å²) in [5.41, 5.74) is -0.816. The van der Waals surface area contributed by atoms with Gasteiger partial charge in [-0.25, -0.2) is 0 Å². The third-order valence-electron chi connectivity index (χ3n) is 3.82. The number of furan rings is 1. The van der Waals surface area contributed by atoms with Crippen LogP contribution in [0.25, 0.3) is 0 Å². The van der Waals surface area contributed by atoms with Gasteiger partial charge in [0.15, 0.2) is 5.76 Å². The minimum absolute atomic E-state index is 0.0293. The topological polar surface area (TPSA) is 83.4 Å². The number of benzene rings is 2. The van der Waals surface area contributed by atoms with E-state index in [9.17, 15) is 22.8 Å². The second-order valence-corrected chi connectivity index (χ2v) is 5.96. The van der Waals surface area contributed by atoms with E-state index < -0.39 is 23.6 Å². The molecule has 1 aromatic heterocycles. The van der Waals surface area contributed by atoms with Crippen molar-refractivity contribution in [3.63, 3.8) is 0 Å². The molecule has 0 saturated carbocycles. The first-order valence-electron chi connectivity index (χ1n) is 8.48. The van der Waals surface area contributed by atoms with E-state index >= 15 is 0 Å². The number of hydrogen-bond donors (Lipinski definition) is 3. The maximum Gasteiger partial charge on any atom is 0.418 e. The summed E-state index contributed by atoms with van der Waals surface area (Å²) in [6, 6.07) is 14.7. The summed E-state index contributed by atoms with van der Waals surface area (Å²) < 4.78 is 45.2. The molecule has 6 nitrogen and oxygen atoms in total. The highest BCUT2D eigenvalue weighted by atomic mass is 19.4. The van der Waals surface area contributed by atoms with E-state index in [2.05, 4.69) is 16.0 Å². The standard InChI is InChI=1S/C20H16F3N3O3/c21-20(22,23)15-11-14(26-19(28)17-7-4-10-29-17)8-9-16(15)24-12-18(27)25-13-5-2-1-3-6-13/h1-11,24H,12H2,(H,25,27)(H,26,28). The van der Waals surface area contributed by atoms with E-state index in [1.807, 2.05) is 0 Å². The molecule has 0 atom stereocenters. The van der Waals surface area contributed by atoms with Crippen molar-refractivity contribution in [1.29, 1.82) is 0 Å². The van der Waals surface area contributed by atoms with E-state index in [4.69, 9.17) is 4.42 Å². The second kappa shape index (κ2) is 8.51. The molecule has 2 aromatic carbocycles. The molecule has 3 rings (SSSR count). The molecule has 0 aliphatic heterocycles.